The summed E-state index contributed by atoms with van der Waals surface area (Å²) in [6.45, 7) is 5.20. The van der Waals surface area contributed by atoms with E-state index in [2.05, 4.69) is 4.72 Å². The van der Waals surface area contributed by atoms with Crippen LogP contribution < -0.4 is 9.03 Å². The Kier molecular flexibility index (Phi) is 6.11. The van der Waals surface area contributed by atoms with Gasteiger partial charge in [0, 0.05) is 12.7 Å². The average molecular weight is 463 g/mol. The monoisotopic (exact) mass is 462 g/mol. The first-order chi connectivity index (χ1) is 14.4. The van der Waals surface area contributed by atoms with Crippen molar-refractivity contribution >= 4 is 31.4 Å². The van der Waals surface area contributed by atoms with E-state index in [1.165, 1.54) is 37.4 Å². The van der Waals surface area contributed by atoms with Crippen LogP contribution in [0.1, 0.15) is 16.7 Å². The zero-order chi connectivity index (χ0) is 23.0. The van der Waals surface area contributed by atoms with Crippen molar-refractivity contribution in [3.05, 3.63) is 83.2 Å². The predicted octanol–water partition coefficient (Wildman–Crippen LogP) is 4.38. The Morgan fingerprint density at radius 2 is 1.39 bits per heavy atom. The summed E-state index contributed by atoms with van der Waals surface area (Å²) in [4.78, 5) is 0.0396. The fraction of sp³-hybridized carbons (Fsp3) is 0.182. The minimum Gasteiger partial charge on any atom is -0.280 e. The van der Waals surface area contributed by atoms with Crippen molar-refractivity contribution in [2.24, 2.45) is 0 Å². The molecule has 3 aromatic rings. The third kappa shape index (κ3) is 4.72. The van der Waals surface area contributed by atoms with Crippen molar-refractivity contribution in [2.45, 2.75) is 30.6 Å². The molecule has 0 unspecified atom stereocenters. The van der Waals surface area contributed by atoms with Gasteiger partial charge in [0.05, 0.1) is 15.5 Å². The van der Waals surface area contributed by atoms with Gasteiger partial charge in [0.1, 0.15) is 5.82 Å². The van der Waals surface area contributed by atoms with Gasteiger partial charge in [-0.3, -0.25) is 9.03 Å². The van der Waals surface area contributed by atoms with Crippen molar-refractivity contribution in [1.82, 2.24) is 0 Å². The molecule has 9 heteroatoms. The molecule has 0 radical (unpaired) electrons. The number of hydrogen-bond donors (Lipinski definition) is 1. The number of aryl methyl sites for hydroxylation is 3. The van der Waals surface area contributed by atoms with Crippen molar-refractivity contribution in [3.8, 4) is 0 Å². The largest absolute Gasteiger partial charge is 0.280 e. The topological polar surface area (TPSA) is 83.6 Å². The molecule has 0 saturated carbocycles. The van der Waals surface area contributed by atoms with E-state index >= 15 is 0 Å². The number of nitrogens with one attached hydrogen (secondary N) is 1. The van der Waals surface area contributed by atoms with Crippen molar-refractivity contribution < 1.29 is 21.2 Å². The van der Waals surface area contributed by atoms with Crippen LogP contribution in [0.5, 0.6) is 0 Å². The Morgan fingerprint density at radius 1 is 0.806 bits per heavy atom. The number of halogens is 1. The lowest BCUT2D eigenvalue weighted by molar-refractivity contribution is 0.593. The van der Waals surface area contributed by atoms with E-state index in [1.807, 2.05) is 6.92 Å². The number of hydrogen-bond acceptors (Lipinski definition) is 4. The molecule has 31 heavy (non-hydrogen) atoms. The van der Waals surface area contributed by atoms with Gasteiger partial charge in [0.25, 0.3) is 20.0 Å². The molecule has 0 aromatic heterocycles. The lowest BCUT2D eigenvalue weighted by Gasteiger charge is -2.23. The van der Waals surface area contributed by atoms with Crippen molar-refractivity contribution in [2.75, 3.05) is 16.1 Å². The van der Waals surface area contributed by atoms with Crippen LogP contribution in [-0.2, 0) is 20.0 Å². The normalized spacial score (nSPS) is 11.9. The van der Waals surface area contributed by atoms with E-state index in [4.69, 9.17) is 0 Å². The first kappa shape index (κ1) is 22.8. The van der Waals surface area contributed by atoms with Crippen molar-refractivity contribution in [3.63, 3.8) is 0 Å². The van der Waals surface area contributed by atoms with E-state index in [9.17, 15) is 21.2 Å². The molecule has 0 aliphatic heterocycles. The minimum absolute atomic E-state index is 0.0663. The molecular formula is C22H23FN2O4S2. The third-order valence-electron chi connectivity index (χ3n) is 4.90. The highest BCUT2D eigenvalue weighted by molar-refractivity contribution is 7.93. The van der Waals surface area contributed by atoms with Crippen molar-refractivity contribution in [1.29, 1.82) is 0 Å². The molecule has 3 aromatic carbocycles. The van der Waals surface area contributed by atoms with Crippen LogP contribution in [-0.4, -0.2) is 23.9 Å². The van der Waals surface area contributed by atoms with Crippen LogP contribution in [0.3, 0.4) is 0 Å². The van der Waals surface area contributed by atoms with Gasteiger partial charge in [0.15, 0.2) is 0 Å². The van der Waals surface area contributed by atoms with Crippen LogP contribution in [0.2, 0.25) is 0 Å². The molecule has 0 heterocycles. The highest BCUT2D eigenvalue weighted by atomic mass is 32.2. The molecule has 0 saturated heterocycles. The molecule has 0 bridgehead atoms. The summed E-state index contributed by atoms with van der Waals surface area (Å²) < 4.78 is 68.7. The number of benzene rings is 3. The van der Waals surface area contributed by atoms with E-state index in [0.29, 0.717) is 11.1 Å². The molecule has 1 N–H and O–H groups in total. The Balaban J connectivity index is 2.04. The van der Waals surface area contributed by atoms with E-state index in [0.717, 1.165) is 22.0 Å². The Morgan fingerprint density at radius 3 is 1.97 bits per heavy atom. The maximum absolute atomic E-state index is 13.1. The second-order valence-electron chi connectivity index (χ2n) is 7.30. The van der Waals surface area contributed by atoms with Crippen LogP contribution in [0, 0.1) is 26.6 Å². The third-order valence-corrected chi connectivity index (χ3v) is 8.21. The zero-order valence-corrected chi connectivity index (χ0v) is 19.2. The smallest absolute Gasteiger partial charge is 0.264 e. The number of anilines is 2. The quantitative estimate of drug-likeness (QED) is 0.589. The predicted molar refractivity (Wildman–Crippen MR) is 120 cm³/mol. The maximum atomic E-state index is 13.1. The average Bonchev–Trinajstić information content (AvgIpc) is 2.69. The molecule has 0 amide bonds. The van der Waals surface area contributed by atoms with Gasteiger partial charge in [-0.25, -0.2) is 21.2 Å². The highest BCUT2D eigenvalue weighted by Gasteiger charge is 2.26. The van der Waals surface area contributed by atoms with Crippen LogP contribution in [0.25, 0.3) is 0 Å². The molecule has 0 spiro atoms. The number of sulfonamides is 2. The Hall–Kier alpha value is -2.91. The highest BCUT2D eigenvalue weighted by Crippen LogP contribution is 2.31. The van der Waals surface area contributed by atoms with Crippen LogP contribution in [0.4, 0.5) is 15.8 Å². The summed E-state index contributed by atoms with van der Waals surface area (Å²) in [6.07, 6.45) is 0. The van der Waals surface area contributed by atoms with E-state index in [1.54, 1.807) is 32.0 Å². The first-order valence-corrected chi connectivity index (χ1v) is 12.3. The van der Waals surface area contributed by atoms with Gasteiger partial charge in [-0.2, -0.15) is 0 Å². The Bertz CT molecular complexity index is 1320. The lowest BCUT2D eigenvalue weighted by atomic mass is 10.1. The van der Waals surface area contributed by atoms with Gasteiger partial charge in [-0.15, -0.1) is 0 Å². The SMILES string of the molecule is Cc1ccc(S(=O)(=O)N(C)c2cc(S(=O)(=O)Nc3ccc(F)cc3)c(C)cc2C)cc1. The van der Waals surface area contributed by atoms with Gasteiger partial charge in [0.2, 0.25) is 0 Å². The lowest BCUT2D eigenvalue weighted by Crippen LogP contribution is -2.28. The molecule has 0 fully saturated rings. The number of rotatable bonds is 6. The minimum atomic E-state index is -4.04. The molecule has 0 aliphatic carbocycles. The molecular weight excluding hydrogens is 439 g/mol. The van der Waals surface area contributed by atoms with Crippen LogP contribution >= 0.6 is 0 Å². The standard InChI is InChI=1S/C22H23FN2O4S2/c1-15-5-11-20(12-6-15)31(28,29)25(4)21-14-22(17(3)13-16(21)2)30(26,27)24-19-9-7-18(23)8-10-19/h5-14,24H,1-4H3. The van der Waals surface area contributed by atoms with Gasteiger partial charge < -0.3 is 0 Å². The summed E-state index contributed by atoms with van der Waals surface area (Å²) in [6, 6.07) is 14.3. The summed E-state index contributed by atoms with van der Waals surface area (Å²) >= 11 is 0. The van der Waals surface area contributed by atoms with Gasteiger partial charge in [-0.05, 0) is 74.4 Å². The fourth-order valence-corrected chi connectivity index (χ4v) is 5.73. The Labute approximate surface area is 182 Å². The molecule has 0 atom stereocenters. The molecule has 0 aliphatic rings. The maximum Gasteiger partial charge on any atom is 0.264 e. The van der Waals surface area contributed by atoms with Gasteiger partial charge >= 0.3 is 0 Å². The fourth-order valence-electron chi connectivity index (χ4n) is 3.18. The summed E-state index contributed by atoms with van der Waals surface area (Å²) in [5.41, 5.74) is 2.43. The number of nitrogens with zero attached hydrogens (tertiary/aromatic N) is 1. The van der Waals surface area contributed by atoms with E-state index < -0.39 is 25.9 Å². The van der Waals surface area contributed by atoms with Gasteiger partial charge in [-0.1, -0.05) is 23.8 Å². The first-order valence-electron chi connectivity index (χ1n) is 9.37. The summed E-state index contributed by atoms with van der Waals surface area (Å²) in [5.74, 6) is -0.486. The molecule has 6 nitrogen and oxygen atoms in total. The summed E-state index contributed by atoms with van der Waals surface area (Å²) in [5, 5.41) is 0. The zero-order valence-electron chi connectivity index (χ0n) is 17.5. The van der Waals surface area contributed by atoms with E-state index in [-0.39, 0.29) is 21.2 Å². The van der Waals surface area contributed by atoms with Crippen LogP contribution in [0.15, 0.2) is 70.5 Å². The molecule has 3 rings (SSSR count). The summed E-state index contributed by atoms with van der Waals surface area (Å²) in [7, 11) is -6.55. The molecule has 164 valence electrons. The second kappa shape index (κ2) is 8.32. The second-order valence-corrected chi connectivity index (χ2v) is 10.9.